The second-order valence-corrected chi connectivity index (χ2v) is 4.36. The van der Waals surface area contributed by atoms with Gasteiger partial charge in [-0.1, -0.05) is 18.2 Å². The topological polar surface area (TPSA) is 59.1 Å². The molecule has 1 aromatic carbocycles. The third-order valence-electron chi connectivity index (χ3n) is 2.88. The molecule has 2 aromatic rings. The monoisotopic (exact) mass is 272 g/mol. The number of hydrogen-bond acceptors (Lipinski definition) is 5. The highest BCUT2D eigenvalue weighted by molar-refractivity contribution is 5.33. The van der Waals surface area contributed by atoms with Crippen LogP contribution >= 0.6 is 0 Å². The van der Waals surface area contributed by atoms with Crippen molar-refractivity contribution in [1.29, 1.82) is 0 Å². The summed E-state index contributed by atoms with van der Waals surface area (Å²) in [4.78, 5) is 8.48. The molecule has 0 aliphatic heterocycles. The molecule has 5 heteroatoms. The first-order valence-electron chi connectivity index (χ1n) is 6.71. The van der Waals surface area contributed by atoms with Crippen molar-refractivity contribution in [3.05, 3.63) is 47.8 Å². The Balaban J connectivity index is 1.86. The lowest BCUT2D eigenvalue weighted by atomic mass is 10.2. The molecule has 2 rings (SSSR count). The SMILES string of the molecule is CCNc1ncc(CNCc2ccccc2OC)cn1. The zero-order valence-corrected chi connectivity index (χ0v) is 11.9. The average molecular weight is 272 g/mol. The molecule has 0 atom stereocenters. The summed E-state index contributed by atoms with van der Waals surface area (Å²) in [7, 11) is 1.69. The molecule has 0 amide bonds. The van der Waals surface area contributed by atoms with E-state index in [2.05, 4.69) is 26.7 Å². The molecule has 1 aromatic heterocycles. The van der Waals surface area contributed by atoms with Crippen LogP contribution in [0.5, 0.6) is 5.75 Å². The smallest absolute Gasteiger partial charge is 0.222 e. The predicted molar refractivity (Wildman–Crippen MR) is 79.7 cm³/mol. The van der Waals surface area contributed by atoms with Gasteiger partial charge in [0.25, 0.3) is 0 Å². The van der Waals surface area contributed by atoms with Crippen LogP contribution in [0.1, 0.15) is 18.1 Å². The summed E-state index contributed by atoms with van der Waals surface area (Å²) < 4.78 is 5.32. The van der Waals surface area contributed by atoms with E-state index < -0.39 is 0 Å². The maximum atomic E-state index is 5.32. The fourth-order valence-electron chi connectivity index (χ4n) is 1.89. The van der Waals surface area contributed by atoms with E-state index >= 15 is 0 Å². The van der Waals surface area contributed by atoms with Gasteiger partial charge >= 0.3 is 0 Å². The van der Waals surface area contributed by atoms with E-state index in [0.29, 0.717) is 5.95 Å². The lowest BCUT2D eigenvalue weighted by Gasteiger charge is -2.09. The van der Waals surface area contributed by atoms with Crippen LogP contribution in [-0.2, 0) is 13.1 Å². The molecule has 106 valence electrons. The van der Waals surface area contributed by atoms with Gasteiger partial charge in [-0.2, -0.15) is 0 Å². The van der Waals surface area contributed by atoms with E-state index in [4.69, 9.17) is 4.74 Å². The van der Waals surface area contributed by atoms with Gasteiger partial charge in [-0.3, -0.25) is 0 Å². The quantitative estimate of drug-likeness (QED) is 0.809. The molecule has 0 bridgehead atoms. The Labute approximate surface area is 119 Å². The van der Waals surface area contributed by atoms with Crippen LogP contribution in [0.15, 0.2) is 36.7 Å². The van der Waals surface area contributed by atoms with Gasteiger partial charge < -0.3 is 15.4 Å². The third kappa shape index (κ3) is 3.93. The first-order valence-corrected chi connectivity index (χ1v) is 6.71. The third-order valence-corrected chi connectivity index (χ3v) is 2.88. The summed E-state index contributed by atoms with van der Waals surface area (Å²) in [6.07, 6.45) is 3.67. The van der Waals surface area contributed by atoms with Crippen molar-refractivity contribution < 1.29 is 4.74 Å². The van der Waals surface area contributed by atoms with Crippen LogP contribution in [0.2, 0.25) is 0 Å². The average Bonchev–Trinajstić information content (AvgIpc) is 2.50. The van der Waals surface area contributed by atoms with Crippen LogP contribution in [0.25, 0.3) is 0 Å². The van der Waals surface area contributed by atoms with E-state index in [1.165, 1.54) is 0 Å². The Hall–Kier alpha value is -2.14. The van der Waals surface area contributed by atoms with Crippen molar-refractivity contribution in [2.75, 3.05) is 19.0 Å². The lowest BCUT2D eigenvalue weighted by Crippen LogP contribution is -2.14. The minimum Gasteiger partial charge on any atom is -0.496 e. The maximum Gasteiger partial charge on any atom is 0.222 e. The van der Waals surface area contributed by atoms with Crippen LogP contribution in [0.4, 0.5) is 5.95 Å². The van der Waals surface area contributed by atoms with Gasteiger partial charge in [0, 0.05) is 43.2 Å². The van der Waals surface area contributed by atoms with Gasteiger partial charge in [0.15, 0.2) is 0 Å². The fraction of sp³-hybridized carbons (Fsp3) is 0.333. The molecule has 5 nitrogen and oxygen atoms in total. The molecule has 0 spiro atoms. The number of rotatable bonds is 7. The standard InChI is InChI=1S/C15H20N4O/c1-3-17-15-18-9-12(10-19-15)8-16-11-13-6-4-5-7-14(13)20-2/h4-7,9-10,16H,3,8,11H2,1-2H3,(H,17,18,19). The summed E-state index contributed by atoms with van der Waals surface area (Å²) >= 11 is 0. The molecule has 0 aliphatic carbocycles. The first-order chi connectivity index (χ1) is 9.83. The first kappa shape index (κ1) is 14.3. The highest BCUT2D eigenvalue weighted by atomic mass is 16.5. The van der Waals surface area contributed by atoms with E-state index in [1.807, 2.05) is 37.5 Å². The fourth-order valence-corrected chi connectivity index (χ4v) is 1.89. The number of ether oxygens (including phenoxy) is 1. The molecular weight excluding hydrogens is 252 g/mol. The highest BCUT2D eigenvalue weighted by Gasteiger charge is 2.01. The molecule has 1 heterocycles. The summed E-state index contributed by atoms with van der Waals surface area (Å²) in [5.41, 5.74) is 2.20. The van der Waals surface area contributed by atoms with Crippen molar-refractivity contribution in [3.63, 3.8) is 0 Å². The van der Waals surface area contributed by atoms with Crippen molar-refractivity contribution in [2.45, 2.75) is 20.0 Å². The van der Waals surface area contributed by atoms with E-state index in [9.17, 15) is 0 Å². The number of aromatic nitrogens is 2. The Bertz CT molecular complexity index is 528. The summed E-state index contributed by atoms with van der Waals surface area (Å²) in [6, 6.07) is 7.99. The van der Waals surface area contributed by atoms with Crippen LogP contribution in [-0.4, -0.2) is 23.6 Å². The van der Waals surface area contributed by atoms with Gasteiger partial charge in [0.2, 0.25) is 5.95 Å². The number of para-hydroxylation sites is 1. The molecule has 0 saturated heterocycles. The largest absolute Gasteiger partial charge is 0.496 e. The summed E-state index contributed by atoms with van der Waals surface area (Å²) in [5, 5.41) is 6.44. The Morgan fingerprint density at radius 3 is 2.55 bits per heavy atom. The lowest BCUT2D eigenvalue weighted by molar-refractivity contribution is 0.407. The number of anilines is 1. The predicted octanol–water partition coefficient (Wildman–Crippen LogP) is 2.21. The second kappa shape index (κ2) is 7.45. The maximum absolute atomic E-state index is 5.32. The second-order valence-electron chi connectivity index (χ2n) is 4.36. The minimum absolute atomic E-state index is 0.668. The zero-order valence-electron chi connectivity index (χ0n) is 11.9. The normalized spacial score (nSPS) is 10.3. The molecule has 0 unspecified atom stereocenters. The van der Waals surface area contributed by atoms with Gasteiger partial charge in [0.05, 0.1) is 7.11 Å². The van der Waals surface area contributed by atoms with E-state index in [1.54, 1.807) is 7.11 Å². The molecule has 0 saturated carbocycles. The van der Waals surface area contributed by atoms with Crippen molar-refractivity contribution in [2.24, 2.45) is 0 Å². The van der Waals surface area contributed by atoms with Crippen molar-refractivity contribution in [3.8, 4) is 5.75 Å². The molecular formula is C15H20N4O. The summed E-state index contributed by atoms with van der Waals surface area (Å²) in [6.45, 7) is 4.32. The number of methoxy groups -OCH3 is 1. The van der Waals surface area contributed by atoms with Crippen molar-refractivity contribution >= 4 is 5.95 Å². The molecule has 0 aliphatic rings. The van der Waals surface area contributed by atoms with E-state index in [0.717, 1.165) is 36.5 Å². The zero-order chi connectivity index (χ0) is 14.2. The van der Waals surface area contributed by atoms with Gasteiger partial charge in [-0.05, 0) is 13.0 Å². The molecule has 0 fully saturated rings. The number of nitrogens with zero attached hydrogens (tertiary/aromatic N) is 2. The Morgan fingerprint density at radius 2 is 1.85 bits per heavy atom. The number of hydrogen-bond donors (Lipinski definition) is 2. The summed E-state index contributed by atoms with van der Waals surface area (Å²) in [5.74, 6) is 1.57. The molecule has 20 heavy (non-hydrogen) atoms. The van der Waals surface area contributed by atoms with Crippen LogP contribution in [0, 0.1) is 0 Å². The van der Waals surface area contributed by atoms with Crippen molar-refractivity contribution in [1.82, 2.24) is 15.3 Å². The van der Waals surface area contributed by atoms with E-state index in [-0.39, 0.29) is 0 Å². The van der Waals surface area contributed by atoms with Crippen LogP contribution in [0.3, 0.4) is 0 Å². The Kier molecular flexibility index (Phi) is 5.32. The van der Waals surface area contributed by atoms with Gasteiger partial charge in [0.1, 0.15) is 5.75 Å². The minimum atomic E-state index is 0.668. The number of benzene rings is 1. The van der Waals surface area contributed by atoms with Gasteiger partial charge in [-0.25, -0.2) is 9.97 Å². The highest BCUT2D eigenvalue weighted by Crippen LogP contribution is 2.16. The van der Waals surface area contributed by atoms with Gasteiger partial charge in [-0.15, -0.1) is 0 Å². The Morgan fingerprint density at radius 1 is 1.10 bits per heavy atom. The molecule has 0 radical (unpaired) electrons. The number of nitrogens with one attached hydrogen (secondary N) is 2. The molecule has 2 N–H and O–H groups in total. The van der Waals surface area contributed by atoms with Crippen LogP contribution < -0.4 is 15.4 Å².